The first-order chi connectivity index (χ1) is 16.1. The van der Waals surface area contributed by atoms with E-state index in [0.717, 1.165) is 5.56 Å². The molecule has 1 saturated carbocycles. The Hall–Kier alpha value is -3.35. The van der Waals surface area contributed by atoms with Crippen molar-refractivity contribution >= 4 is 18.0 Å². The Bertz CT molecular complexity index is 934. The molecule has 0 radical (unpaired) electrons. The van der Waals surface area contributed by atoms with Crippen molar-refractivity contribution in [2.24, 2.45) is 5.92 Å². The Labute approximate surface area is 194 Å². The van der Waals surface area contributed by atoms with E-state index in [9.17, 15) is 14.4 Å². The van der Waals surface area contributed by atoms with E-state index in [0.29, 0.717) is 57.4 Å². The van der Waals surface area contributed by atoms with Gasteiger partial charge in [-0.2, -0.15) is 0 Å². The quantitative estimate of drug-likeness (QED) is 0.646. The summed E-state index contributed by atoms with van der Waals surface area (Å²) in [5, 5.41) is 0. The van der Waals surface area contributed by atoms with Crippen molar-refractivity contribution in [2.45, 2.75) is 38.4 Å². The first kappa shape index (κ1) is 22.8. The van der Waals surface area contributed by atoms with Gasteiger partial charge in [0.2, 0.25) is 5.91 Å². The zero-order valence-corrected chi connectivity index (χ0v) is 18.7. The number of amides is 2. The first-order valence-corrected chi connectivity index (χ1v) is 11.6. The van der Waals surface area contributed by atoms with E-state index in [1.807, 2.05) is 53.4 Å². The summed E-state index contributed by atoms with van der Waals surface area (Å²) in [5.41, 5.74) is 1.50. The molecule has 0 bridgehead atoms. The molecule has 2 amide bonds. The molecule has 2 fully saturated rings. The fourth-order valence-corrected chi connectivity index (χ4v) is 4.40. The molecule has 7 heteroatoms. The van der Waals surface area contributed by atoms with E-state index < -0.39 is 0 Å². The molecule has 0 spiro atoms. The Morgan fingerprint density at radius 1 is 0.758 bits per heavy atom. The van der Waals surface area contributed by atoms with E-state index in [1.54, 1.807) is 17.0 Å². The van der Waals surface area contributed by atoms with Gasteiger partial charge in [-0.3, -0.25) is 4.79 Å². The standard InChI is InChI=1S/C26H30N2O5/c29-24(21-11-13-23(14-12-21)33-25(30)22-9-5-2-6-10-22)27-15-17-28(18-16-27)26(31)32-19-20-7-3-1-4-8-20/h1-10,21,23H,11-19H2/t21-,23+. The minimum Gasteiger partial charge on any atom is -0.459 e. The largest absolute Gasteiger partial charge is 0.459 e. The smallest absolute Gasteiger partial charge is 0.410 e. The van der Waals surface area contributed by atoms with Crippen LogP contribution in [0.25, 0.3) is 0 Å². The number of carbonyl (C=O) groups is 3. The van der Waals surface area contributed by atoms with Crippen molar-refractivity contribution in [2.75, 3.05) is 26.2 Å². The van der Waals surface area contributed by atoms with Crippen molar-refractivity contribution in [3.63, 3.8) is 0 Å². The van der Waals surface area contributed by atoms with Crippen LogP contribution in [-0.4, -0.2) is 60.1 Å². The third-order valence-electron chi connectivity index (χ3n) is 6.36. The van der Waals surface area contributed by atoms with Crippen molar-refractivity contribution in [1.29, 1.82) is 0 Å². The SMILES string of the molecule is O=C(O[C@H]1CC[C@@H](C(=O)N2CCN(C(=O)OCc3ccccc3)CC2)CC1)c1ccccc1. The van der Waals surface area contributed by atoms with Gasteiger partial charge in [-0.05, 0) is 43.4 Å². The fourth-order valence-electron chi connectivity index (χ4n) is 4.40. The van der Waals surface area contributed by atoms with Crippen molar-refractivity contribution in [1.82, 2.24) is 9.80 Å². The van der Waals surface area contributed by atoms with Gasteiger partial charge in [0, 0.05) is 32.1 Å². The van der Waals surface area contributed by atoms with Crippen molar-refractivity contribution < 1.29 is 23.9 Å². The molecule has 2 aromatic carbocycles. The Morgan fingerprint density at radius 3 is 1.97 bits per heavy atom. The van der Waals surface area contributed by atoms with Crippen LogP contribution in [0.1, 0.15) is 41.6 Å². The Balaban J connectivity index is 1.17. The molecule has 4 rings (SSSR count). The Kier molecular flexibility index (Phi) is 7.60. The maximum atomic E-state index is 13.0. The van der Waals surface area contributed by atoms with Crippen LogP contribution in [-0.2, 0) is 20.9 Å². The lowest BCUT2D eigenvalue weighted by Gasteiger charge is -2.37. The lowest BCUT2D eigenvalue weighted by Crippen LogP contribution is -2.52. The van der Waals surface area contributed by atoms with Gasteiger partial charge in [0.25, 0.3) is 0 Å². The lowest BCUT2D eigenvalue weighted by molar-refractivity contribution is -0.138. The van der Waals surface area contributed by atoms with Crippen molar-refractivity contribution in [3.8, 4) is 0 Å². The summed E-state index contributed by atoms with van der Waals surface area (Å²) in [6, 6.07) is 18.6. The minimum absolute atomic E-state index is 0.0479. The maximum absolute atomic E-state index is 13.0. The highest BCUT2D eigenvalue weighted by Crippen LogP contribution is 2.29. The van der Waals surface area contributed by atoms with Crippen LogP contribution in [0.3, 0.4) is 0 Å². The van der Waals surface area contributed by atoms with Crippen LogP contribution in [0.5, 0.6) is 0 Å². The average Bonchev–Trinajstić information content (AvgIpc) is 2.88. The minimum atomic E-state index is -0.341. The van der Waals surface area contributed by atoms with Gasteiger partial charge in [-0.25, -0.2) is 9.59 Å². The van der Waals surface area contributed by atoms with E-state index in [1.165, 1.54) is 0 Å². The number of ether oxygens (including phenoxy) is 2. The second-order valence-corrected chi connectivity index (χ2v) is 8.60. The van der Waals surface area contributed by atoms with E-state index in [4.69, 9.17) is 9.47 Å². The van der Waals surface area contributed by atoms with Crippen LogP contribution < -0.4 is 0 Å². The number of piperazine rings is 1. The summed E-state index contributed by atoms with van der Waals surface area (Å²) in [6.45, 7) is 2.23. The molecular formula is C26H30N2O5. The van der Waals surface area contributed by atoms with Gasteiger partial charge in [-0.1, -0.05) is 48.5 Å². The number of hydrogen-bond acceptors (Lipinski definition) is 5. The molecule has 0 N–H and O–H groups in total. The summed E-state index contributed by atoms with van der Waals surface area (Å²) < 4.78 is 11.0. The summed E-state index contributed by atoms with van der Waals surface area (Å²) >= 11 is 0. The number of carbonyl (C=O) groups excluding carboxylic acids is 3. The fraction of sp³-hybridized carbons (Fsp3) is 0.423. The molecule has 0 unspecified atom stereocenters. The number of esters is 1. The van der Waals surface area contributed by atoms with Crippen molar-refractivity contribution in [3.05, 3.63) is 71.8 Å². The molecular weight excluding hydrogens is 420 g/mol. The number of hydrogen-bond donors (Lipinski definition) is 0. The molecule has 33 heavy (non-hydrogen) atoms. The second-order valence-electron chi connectivity index (χ2n) is 8.60. The average molecular weight is 451 g/mol. The zero-order valence-electron chi connectivity index (χ0n) is 18.7. The molecule has 7 nitrogen and oxygen atoms in total. The monoisotopic (exact) mass is 450 g/mol. The van der Waals surface area contributed by atoms with E-state index >= 15 is 0 Å². The summed E-state index contributed by atoms with van der Waals surface area (Å²) in [6.07, 6.45) is 2.34. The van der Waals surface area contributed by atoms with Crippen LogP contribution in [0.15, 0.2) is 60.7 Å². The summed E-state index contributed by atoms with van der Waals surface area (Å²) in [5.74, 6) is -0.214. The van der Waals surface area contributed by atoms with Gasteiger partial charge in [0.05, 0.1) is 5.56 Å². The molecule has 1 aliphatic heterocycles. The first-order valence-electron chi connectivity index (χ1n) is 11.6. The van der Waals surface area contributed by atoms with Crippen LogP contribution in [0, 0.1) is 5.92 Å². The van der Waals surface area contributed by atoms with Gasteiger partial charge < -0.3 is 19.3 Å². The normalized spacial score (nSPS) is 20.7. The highest BCUT2D eigenvalue weighted by Gasteiger charge is 2.33. The third kappa shape index (κ3) is 6.12. The van der Waals surface area contributed by atoms with E-state index in [2.05, 4.69) is 0 Å². The van der Waals surface area contributed by atoms with Crippen LogP contribution >= 0.6 is 0 Å². The highest BCUT2D eigenvalue weighted by molar-refractivity contribution is 5.89. The molecule has 1 aliphatic carbocycles. The van der Waals surface area contributed by atoms with E-state index in [-0.39, 0.29) is 36.6 Å². The molecule has 1 saturated heterocycles. The molecule has 0 atom stereocenters. The lowest BCUT2D eigenvalue weighted by atomic mass is 9.86. The number of benzene rings is 2. The van der Waals surface area contributed by atoms with Gasteiger partial charge in [0.1, 0.15) is 12.7 Å². The topological polar surface area (TPSA) is 76.2 Å². The molecule has 174 valence electrons. The predicted molar refractivity (Wildman–Crippen MR) is 122 cm³/mol. The summed E-state index contributed by atoms with van der Waals surface area (Å²) in [4.78, 5) is 41.1. The second kappa shape index (κ2) is 11.0. The molecule has 2 aromatic rings. The molecule has 2 aliphatic rings. The van der Waals surface area contributed by atoms with Gasteiger partial charge in [-0.15, -0.1) is 0 Å². The maximum Gasteiger partial charge on any atom is 0.410 e. The van der Waals surface area contributed by atoms with Gasteiger partial charge in [0.15, 0.2) is 0 Å². The van der Waals surface area contributed by atoms with Crippen LogP contribution in [0.4, 0.5) is 4.79 Å². The number of rotatable bonds is 5. The van der Waals surface area contributed by atoms with Crippen LogP contribution in [0.2, 0.25) is 0 Å². The van der Waals surface area contributed by atoms with Gasteiger partial charge >= 0.3 is 12.1 Å². The third-order valence-corrected chi connectivity index (χ3v) is 6.36. The molecule has 0 aromatic heterocycles. The Morgan fingerprint density at radius 2 is 1.33 bits per heavy atom. The number of nitrogens with zero attached hydrogens (tertiary/aromatic N) is 2. The molecule has 1 heterocycles. The summed E-state index contributed by atoms with van der Waals surface area (Å²) in [7, 11) is 0. The predicted octanol–water partition coefficient (Wildman–Crippen LogP) is 3.88. The zero-order chi connectivity index (χ0) is 23.0. The highest BCUT2D eigenvalue weighted by atomic mass is 16.6.